The van der Waals surface area contributed by atoms with E-state index in [-0.39, 0.29) is 36.6 Å². The predicted molar refractivity (Wildman–Crippen MR) is 175 cm³/mol. The van der Waals surface area contributed by atoms with Crippen LogP contribution in [0.15, 0.2) is 60.7 Å². The van der Waals surface area contributed by atoms with Crippen LogP contribution in [0.5, 0.6) is 0 Å². The minimum atomic E-state index is -0.556. The molecule has 2 aromatic carbocycles. The van der Waals surface area contributed by atoms with Crippen LogP contribution in [0, 0.1) is 23.7 Å². The van der Waals surface area contributed by atoms with E-state index in [9.17, 15) is 14.4 Å². The average Bonchev–Trinajstić information content (AvgIpc) is 3.64. The lowest BCUT2D eigenvalue weighted by Crippen LogP contribution is -2.52. The number of carbonyl (C=O) groups is 3. The number of carbonyl (C=O) groups excluding carboxylic acids is 3. The highest BCUT2D eigenvalue weighted by Crippen LogP contribution is 2.42. The summed E-state index contributed by atoms with van der Waals surface area (Å²) in [6, 6.07) is 18.5. The van der Waals surface area contributed by atoms with Crippen LogP contribution in [0.1, 0.15) is 96.1 Å². The maximum Gasteiger partial charge on any atom is 0.329 e. The van der Waals surface area contributed by atoms with Crippen LogP contribution < -0.4 is 5.32 Å². The lowest BCUT2D eigenvalue weighted by molar-refractivity contribution is -0.158. The van der Waals surface area contributed by atoms with E-state index in [1.165, 1.54) is 6.42 Å². The van der Waals surface area contributed by atoms with E-state index < -0.39 is 18.0 Å². The standard InChI is InChI=1S/C38H52N2O5/c1-25(2)31-19-18-26(3)22-35(31)45-37(42)32(29-14-9-6-10-15-29)20-21-39-27(4)36(41)40-33-17-11-16-30(33)23-34(40)38(43)44-24-28-12-7-5-8-13-28/h5-10,12-15,25-27,30-35,39H,11,16-24H2,1-4H3/t26?,27-,30-,31?,32?,33-,34-,35?/m0/s1. The Hall–Kier alpha value is -3.19. The Bertz CT molecular complexity index is 1270. The number of nitrogens with one attached hydrogen (secondary N) is 1. The third-order valence-corrected chi connectivity index (χ3v) is 10.6. The third-order valence-electron chi connectivity index (χ3n) is 10.6. The van der Waals surface area contributed by atoms with Crippen molar-refractivity contribution in [1.29, 1.82) is 0 Å². The van der Waals surface area contributed by atoms with Crippen molar-refractivity contribution in [2.24, 2.45) is 23.7 Å². The molecular formula is C38H52N2O5. The Labute approximate surface area is 269 Å². The van der Waals surface area contributed by atoms with E-state index in [1.807, 2.05) is 72.5 Å². The van der Waals surface area contributed by atoms with Gasteiger partial charge in [0, 0.05) is 6.04 Å². The molecule has 0 radical (unpaired) electrons. The number of likely N-dealkylation sites (tertiary alicyclic amines) is 1. The normalized spacial score (nSPS) is 27.5. The van der Waals surface area contributed by atoms with Gasteiger partial charge in [-0.1, -0.05) is 94.3 Å². The molecule has 1 saturated heterocycles. The predicted octanol–water partition coefficient (Wildman–Crippen LogP) is 6.66. The molecule has 1 heterocycles. The van der Waals surface area contributed by atoms with Crippen LogP contribution in [0.25, 0.3) is 0 Å². The molecule has 8 atom stereocenters. The van der Waals surface area contributed by atoms with E-state index in [0.717, 1.165) is 43.2 Å². The SMILES string of the molecule is CC1CCC(C(C)C)C(OC(=O)C(CCN[C@@H](C)C(=O)N2[C@H](C(=O)OCc3ccccc3)C[C@@H]3CCC[C@@H]32)c2ccccc2)C1. The Morgan fingerprint density at radius 3 is 2.33 bits per heavy atom. The summed E-state index contributed by atoms with van der Waals surface area (Å²) < 4.78 is 12.0. The number of ether oxygens (including phenoxy) is 2. The van der Waals surface area contributed by atoms with Crippen molar-refractivity contribution in [2.75, 3.05) is 6.54 Å². The smallest absolute Gasteiger partial charge is 0.329 e. The molecule has 1 amide bonds. The van der Waals surface area contributed by atoms with Crippen molar-refractivity contribution < 1.29 is 23.9 Å². The molecule has 2 aliphatic carbocycles. The number of benzene rings is 2. The van der Waals surface area contributed by atoms with Crippen LogP contribution >= 0.6 is 0 Å². The molecule has 4 unspecified atom stereocenters. The summed E-state index contributed by atoms with van der Waals surface area (Å²) in [5.74, 6) is 0.737. The van der Waals surface area contributed by atoms with Crippen LogP contribution in [0.2, 0.25) is 0 Å². The highest BCUT2D eigenvalue weighted by atomic mass is 16.5. The van der Waals surface area contributed by atoms with E-state index in [4.69, 9.17) is 9.47 Å². The highest BCUT2D eigenvalue weighted by molar-refractivity contribution is 5.88. The van der Waals surface area contributed by atoms with Gasteiger partial charge in [-0.2, -0.15) is 0 Å². The van der Waals surface area contributed by atoms with Gasteiger partial charge in [0.1, 0.15) is 18.8 Å². The Morgan fingerprint density at radius 2 is 1.62 bits per heavy atom. The second-order valence-corrected chi connectivity index (χ2v) is 14.1. The number of fused-ring (bicyclic) bond motifs is 1. The zero-order chi connectivity index (χ0) is 31.9. The van der Waals surface area contributed by atoms with Crippen LogP contribution in [-0.4, -0.2) is 53.5 Å². The van der Waals surface area contributed by atoms with Gasteiger partial charge >= 0.3 is 11.9 Å². The van der Waals surface area contributed by atoms with Crippen molar-refractivity contribution in [3.63, 3.8) is 0 Å². The fraction of sp³-hybridized carbons (Fsp3) is 0.605. The van der Waals surface area contributed by atoms with Gasteiger partial charge in [0.2, 0.25) is 5.91 Å². The number of hydrogen-bond donors (Lipinski definition) is 1. The van der Waals surface area contributed by atoms with Gasteiger partial charge in [-0.15, -0.1) is 0 Å². The molecule has 0 spiro atoms. The van der Waals surface area contributed by atoms with Crippen LogP contribution in [0.3, 0.4) is 0 Å². The molecule has 2 saturated carbocycles. The second kappa shape index (κ2) is 15.4. The summed E-state index contributed by atoms with van der Waals surface area (Å²) in [5, 5.41) is 3.40. The van der Waals surface area contributed by atoms with E-state index in [1.54, 1.807) is 0 Å². The fourth-order valence-corrected chi connectivity index (χ4v) is 7.98. The van der Waals surface area contributed by atoms with E-state index in [2.05, 4.69) is 26.1 Å². The van der Waals surface area contributed by atoms with E-state index in [0.29, 0.717) is 43.1 Å². The Morgan fingerprint density at radius 1 is 0.911 bits per heavy atom. The zero-order valence-corrected chi connectivity index (χ0v) is 27.5. The quantitative estimate of drug-likeness (QED) is 0.269. The summed E-state index contributed by atoms with van der Waals surface area (Å²) in [6.45, 7) is 9.23. The monoisotopic (exact) mass is 616 g/mol. The summed E-state index contributed by atoms with van der Waals surface area (Å²) in [7, 11) is 0. The van der Waals surface area contributed by atoms with Gasteiger partial charge in [0.05, 0.1) is 12.0 Å². The summed E-state index contributed by atoms with van der Waals surface area (Å²) in [5.41, 5.74) is 1.86. The Balaban J connectivity index is 1.21. The molecule has 7 nitrogen and oxygen atoms in total. The largest absolute Gasteiger partial charge is 0.462 e. The molecule has 3 fully saturated rings. The van der Waals surface area contributed by atoms with Gasteiger partial charge in [-0.3, -0.25) is 9.59 Å². The topological polar surface area (TPSA) is 84.9 Å². The summed E-state index contributed by atoms with van der Waals surface area (Å²) in [4.78, 5) is 42.8. The number of esters is 2. The van der Waals surface area contributed by atoms with Gasteiger partial charge < -0.3 is 19.7 Å². The Kier molecular flexibility index (Phi) is 11.4. The molecule has 45 heavy (non-hydrogen) atoms. The lowest BCUT2D eigenvalue weighted by Gasteiger charge is -2.37. The van der Waals surface area contributed by atoms with Crippen LogP contribution in [-0.2, 0) is 30.5 Å². The third kappa shape index (κ3) is 8.16. The van der Waals surface area contributed by atoms with Gasteiger partial charge in [-0.25, -0.2) is 4.79 Å². The second-order valence-electron chi connectivity index (χ2n) is 14.1. The molecule has 0 bridgehead atoms. The van der Waals surface area contributed by atoms with Crippen molar-refractivity contribution in [2.45, 2.75) is 116 Å². The molecule has 0 aromatic heterocycles. The lowest BCUT2D eigenvalue weighted by atomic mass is 9.75. The first kappa shape index (κ1) is 33.2. The number of hydrogen-bond acceptors (Lipinski definition) is 6. The first-order chi connectivity index (χ1) is 21.7. The fourth-order valence-electron chi connectivity index (χ4n) is 7.98. The van der Waals surface area contributed by atoms with Gasteiger partial charge in [0.15, 0.2) is 0 Å². The van der Waals surface area contributed by atoms with Crippen molar-refractivity contribution >= 4 is 17.8 Å². The van der Waals surface area contributed by atoms with Crippen molar-refractivity contribution in [3.05, 3.63) is 71.8 Å². The maximum atomic E-state index is 13.9. The molecule has 1 aliphatic heterocycles. The number of nitrogens with zero attached hydrogens (tertiary/aromatic N) is 1. The average molecular weight is 617 g/mol. The first-order valence-electron chi connectivity index (χ1n) is 17.2. The van der Waals surface area contributed by atoms with Crippen LogP contribution in [0.4, 0.5) is 0 Å². The molecule has 5 rings (SSSR count). The van der Waals surface area contributed by atoms with Gasteiger partial charge in [0.25, 0.3) is 0 Å². The van der Waals surface area contributed by atoms with Gasteiger partial charge in [-0.05, 0) is 86.8 Å². The maximum absolute atomic E-state index is 13.9. The van der Waals surface area contributed by atoms with Crippen molar-refractivity contribution in [3.8, 4) is 0 Å². The van der Waals surface area contributed by atoms with E-state index >= 15 is 0 Å². The van der Waals surface area contributed by atoms with Crippen molar-refractivity contribution in [1.82, 2.24) is 10.2 Å². The molecule has 2 aromatic rings. The number of amides is 1. The number of rotatable bonds is 12. The molecule has 7 heteroatoms. The first-order valence-corrected chi connectivity index (χ1v) is 17.2. The zero-order valence-electron chi connectivity index (χ0n) is 27.5. The molecule has 3 aliphatic rings. The summed E-state index contributed by atoms with van der Waals surface area (Å²) in [6.07, 6.45) is 7.33. The minimum Gasteiger partial charge on any atom is -0.462 e. The highest BCUT2D eigenvalue weighted by Gasteiger charge is 2.50. The molecule has 1 N–H and O–H groups in total. The minimum absolute atomic E-state index is 0.0611. The summed E-state index contributed by atoms with van der Waals surface area (Å²) >= 11 is 0. The molecule has 244 valence electrons. The molecular weight excluding hydrogens is 564 g/mol.